The van der Waals surface area contributed by atoms with Gasteiger partial charge in [0, 0.05) is 19.1 Å². The molecule has 0 saturated carbocycles. The Kier molecular flexibility index (Phi) is 6.44. The molecule has 0 aromatic heterocycles. The SMILES string of the molecule is CNCCN(C)C(C)C(C)C(=O)NN. The van der Waals surface area contributed by atoms with Crippen LogP contribution in [0, 0.1) is 5.92 Å². The lowest BCUT2D eigenvalue weighted by Gasteiger charge is -2.28. The number of nitrogens with zero attached hydrogens (tertiary/aromatic N) is 1. The molecule has 0 aromatic carbocycles. The Morgan fingerprint density at radius 1 is 1.50 bits per heavy atom. The van der Waals surface area contributed by atoms with Crippen LogP contribution in [0.25, 0.3) is 0 Å². The number of amides is 1. The Morgan fingerprint density at radius 2 is 2.07 bits per heavy atom. The van der Waals surface area contributed by atoms with Gasteiger partial charge in [-0.25, -0.2) is 5.84 Å². The van der Waals surface area contributed by atoms with Crippen LogP contribution in [0.1, 0.15) is 13.8 Å². The number of hydrogen-bond donors (Lipinski definition) is 3. The molecule has 0 radical (unpaired) electrons. The highest BCUT2D eigenvalue weighted by Gasteiger charge is 2.22. The van der Waals surface area contributed by atoms with E-state index in [2.05, 4.69) is 15.6 Å². The van der Waals surface area contributed by atoms with Gasteiger partial charge >= 0.3 is 0 Å². The van der Waals surface area contributed by atoms with E-state index in [1.54, 1.807) is 0 Å². The molecule has 0 rings (SSSR count). The molecule has 14 heavy (non-hydrogen) atoms. The zero-order valence-electron chi connectivity index (χ0n) is 9.50. The summed E-state index contributed by atoms with van der Waals surface area (Å²) in [5.74, 6) is 4.87. The zero-order chi connectivity index (χ0) is 11.1. The van der Waals surface area contributed by atoms with Crippen molar-refractivity contribution in [1.29, 1.82) is 0 Å². The first-order chi connectivity index (χ1) is 6.54. The molecule has 0 aliphatic rings. The van der Waals surface area contributed by atoms with Crippen molar-refractivity contribution in [2.45, 2.75) is 19.9 Å². The van der Waals surface area contributed by atoms with Crippen molar-refractivity contribution in [3.8, 4) is 0 Å². The molecule has 0 saturated heterocycles. The topological polar surface area (TPSA) is 70.4 Å². The predicted octanol–water partition coefficient (Wildman–Crippen LogP) is -0.848. The molecule has 5 nitrogen and oxygen atoms in total. The predicted molar refractivity (Wildman–Crippen MR) is 57.5 cm³/mol. The molecule has 0 bridgehead atoms. The van der Waals surface area contributed by atoms with E-state index < -0.39 is 0 Å². The van der Waals surface area contributed by atoms with Crippen LogP contribution < -0.4 is 16.6 Å². The molecular formula is C9H22N4O. The zero-order valence-corrected chi connectivity index (χ0v) is 9.50. The fourth-order valence-corrected chi connectivity index (χ4v) is 1.22. The summed E-state index contributed by atoms with van der Waals surface area (Å²) in [4.78, 5) is 13.4. The third-order valence-electron chi connectivity index (χ3n) is 2.69. The van der Waals surface area contributed by atoms with Crippen molar-refractivity contribution >= 4 is 5.91 Å². The lowest BCUT2D eigenvalue weighted by molar-refractivity contribution is -0.126. The Hall–Kier alpha value is -0.650. The molecule has 0 aliphatic heterocycles. The van der Waals surface area contributed by atoms with Gasteiger partial charge in [-0.15, -0.1) is 0 Å². The third-order valence-corrected chi connectivity index (χ3v) is 2.69. The van der Waals surface area contributed by atoms with Gasteiger partial charge in [0.1, 0.15) is 0 Å². The van der Waals surface area contributed by atoms with Crippen molar-refractivity contribution in [3.05, 3.63) is 0 Å². The van der Waals surface area contributed by atoms with Crippen LogP contribution in [0.4, 0.5) is 0 Å². The first-order valence-corrected chi connectivity index (χ1v) is 4.89. The van der Waals surface area contributed by atoms with Gasteiger partial charge in [-0.05, 0) is 21.0 Å². The highest BCUT2D eigenvalue weighted by atomic mass is 16.2. The molecule has 5 heteroatoms. The second-order valence-electron chi connectivity index (χ2n) is 3.62. The number of carbonyl (C=O) groups is 1. The maximum absolute atomic E-state index is 11.3. The average Bonchev–Trinajstić information content (AvgIpc) is 2.22. The number of nitrogens with one attached hydrogen (secondary N) is 2. The van der Waals surface area contributed by atoms with Crippen LogP contribution in [0.3, 0.4) is 0 Å². The highest BCUT2D eigenvalue weighted by molar-refractivity contribution is 5.78. The minimum atomic E-state index is -0.117. The number of hydrogen-bond acceptors (Lipinski definition) is 4. The van der Waals surface area contributed by atoms with Gasteiger partial charge in [0.25, 0.3) is 0 Å². The van der Waals surface area contributed by atoms with Crippen LogP contribution in [0.15, 0.2) is 0 Å². The molecule has 0 heterocycles. The van der Waals surface area contributed by atoms with Crippen molar-refractivity contribution in [3.63, 3.8) is 0 Å². The smallest absolute Gasteiger partial charge is 0.238 e. The van der Waals surface area contributed by atoms with Crippen molar-refractivity contribution in [2.24, 2.45) is 11.8 Å². The third kappa shape index (κ3) is 4.04. The van der Waals surface area contributed by atoms with E-state index in [4.69, 9.17) is 5.84 Å². The Balaban J connectivity index is 4.02. The molecule has 2 unspecified atom stereocenters. The van der Waals surface area contributed by atoms with Crippen molar-refractivity contribution in [2.75, 3.05) is 27.2 Å². The molecule has 4 N–H and O–H groups in total. The normalized spacial score (nSPS) is 15.3. The number of nitrogens with two attached hydrogens (primary N) is 1. The summed E-state index contributed by atoms with van der Waals surface area (Å²) >= 11 is 0. The van der Waals surface area contributed by atoms with E-state index in [0.717, 1.165) is 13.1 Å². The highest BCUT2D eigenvalue weighted by Crippen LogP contribution is 2.08. The number of carbonyl (C=O) groups excluding carboxylic acids is 1. The molecule has 0 aliphatic carbocycles. The number of hydrazine groups is 1. The monoisotopic (exact) mass is 202 g/mol. The van der Waals surface area contributed by atoms with Gasteiger partial charge in [-0.2, -0.15) is 0 Å². The molecule has 84 valence electrons. The maximum Gasteiger partial charge on any atom is 0.238 e. The summed E-state index contributed by atoms with van der Waals surface area (Å²) in [5, 5.41) is 3.07. The van der Waals surface area contributed by atoms with E-state index in [-0.39, 0.29) is 17.9 Å². The summed E-state index contributed by atoms with van der Waals surface area (Å²) in [5.41, 5.74) is 2.18. The first kappa shape index (κ1) is 13.4. The van der Waals surface area contributed by atoms with Crippen LogP contribution >= 0.6 is 0 Å². The standard InChI is InChI=1S/C9H22N4O/c1-7(9(14)12-10)8(2)13(4)6-5-11-3/h7-8,11H,5-6,10H2,1-4H3,(H,12,14). The molecule has 2 atom stereocenters. The van der Waals surface area contributed by atoms with Crippen molar-refractivity contribution in [1.82, 2.24) is 15.6 Å². The fourth-order valence-electron chi connectivity index (χ4n) is 1.22. The molecule has 0 spiro atoms. The van der Waals surface area contributed by atoms with E-state index in [1.807, 2.05) is 27.9 Å². The summed E-state index contributed by atoms with van der Waals surface area (Å²) in [7, 11) is 3.91. The van der Waals surface area contributed by atoms with Gasteiger partial charge < -0.3 is 10.2 Å². The van der Waals surface area contributed by atoms with E-state index >= 15 is 0 Å². The summed E-state index contributed by atoms with van der Waals surface area (Å²) in [6.07, 6.45) is 0. The van der Waals surface area contributed by atoms with Crippen LogP contribution in [-0.2, 0) is 4.79 Å². The Morgan fingerprint density at radius 3 is 2.50 bits per heavy atom. The van der Waals surface area contributed by atoms with Gasteiger partial charge in [0.05, 0.1) is 5.92 Å². The minimum Gasteiger partial charge on any atom is -0.318 e. The quantitative estimate of drug-likeness (QED) is 0.298. The molecular weight excluding hydrogens is 180 g/mol. The summed E-state index contributed by atoms with van der Waals surface area (Å²) < 4.78 is 0. The number of rotatable bonds is 6. The van der Waals surface area contributed by atoms with Crippen LogP contribution in [-0.4, -0.2) is 44.0 Å². The Bertz CT molecular complexity index is 174. The summed E-state index contributed by atoms with van der Waals surface area (Å²) in [6, 6.07) is 0.187. The van der Waals surface area contributed by atoms with Gasteiger partial charge in [0.2, 0.25) is 5.91 Å². The fraction of sp³-hybridized carbons (Fsp3) is 0.889. The van der Waals surface area contributed by atoms with E-state index in [1.165, 1.54) is 0 Å². The Labute approximate surface area is 86.0 Å². The van der Waals surface area contributed by atoms with Gasteiger partial charge in [-0.1, -0.05) is 6.92 Å². The first-order valence-electron chi connectivity index (χ1n) is 4.89. The largest absolute Gasteiger partial charge is 0.318 e. The molecule has 1 amide bonds. The van der Waals surface area contributed by atoms with E-state index in [9.17, 15) is 4.79 Å². The summed E-state index contributed by atoms with van der Waals surface area (Å²) in [6.45, 7) is 5.73. The number of likely N-dealkylation sites (N-methyl/N-ethyl adjacent to an activating group) is 2. The van der Waals surface area contributed by atoms with Crippen LogP contribution in [0.5, 0.6) is 0 Å². The van der Waals surface area contributed by atoms with E-state index in [0.29, 0.717) is 0 Å². The molecule has 0 aromatic rings. The lowest BCUT2D eigenvalue weighted by atomic mass is 10.0. The minimum absolute atomic E-state index is 0.0955. The maximum atomic E-state index is 11.3. The van der Waals surface area contributed by atoms with Gasteiger partial charge in [-0.3, -0.25) is 10.2 Å². The second-order valence-corrected chi connectivity index (χ2v) is 3.62. The van der Waals surface area contributed by atoms with Gasteiger partial charge in [0.15, 0.2) is 0 Å². The average molecular weight is 202 g/mol. The molecule has 0 fully saturated rings. The van der Waals surface area contributed by atoms with Crippen LogP contribution in [0.2, 0.25) is 0 Å². The lowest BCUT2D eigenvalue weighted by Crippen LogP contribution is -2.46. The second kappa shape index (κ2) is 6.75. The van der Waals surface area contributed by atoms with Crippen molar-refractivity contribution < 1.29 is 4.79 Å².